The van der Waals surface area contributed by atoms with Crippen molar-refractivity contribution in [2.24, 2.45) is 17.3 Å². The summed E-state index contributed by atoms with van der Waals surface area (Å²) in [4.78, 5) is 63.8. The maximum atomic E-state index is 13.1. The van der Waals surface area contributed by atoms with E-state index >= 15 is 0 Å². The molecule has 0 bridgehead atoms. The molecular formula is C27H40N2O11S. The first-order valence-electron chi connectivity index (χ1n) is 13.7. The molecule has 2 N–H and O–H groups in total. The van der Waals surface area contributed by atoms with Gasteiger partial charge in [-0.05, 0) is 34.1 Å². The fourth-order valence-corrected chi connectivity index (χ4v) is 6.35. The minimum absolute atomic E-state index is 0.0643. The molecule has 0 radical (unpaired) electrons. The van der Waals surface area contributed by atoms with Crippen LogP contribution in [0.2, 0.25) is 0 Å². The number of carbonyl (C=O) groups is 5. The van der Waals surface area contributed by atoms with E-state index in [1.165, 1.54) is 30.5 Å². The van der Waals surface area contributed by atoms with Crippen molar-refractivity contribution in [1.29, 1.82) is 0 Å². The van der Waals surface area contributed by atoms with Crippen LogP contribution < -0.4 is 5.32 Å². The van der Waals surface area contributed by atoms with Gasteiger partial charge in [-0.1, -0.05) is 13.8 Å². The Hall–Kier alpha value is -2.84. The Balaban J connectivity index is 1.67. The summed E-state index contributed by atoms with van der Waals surface area (Å²) >= 11 is 1.36. The molecule has 3 heterocycles. The summed E-state index contributed by atoms with van der Waals surface area (Å²) in [6.07, 6.45) is -2.49. The molecule has 3 aliphatic rings. The monoisotopic (exact) mass is 600 g/mol. The van der Waals surface area contributed by atoms with Gasteiger partial charge in [0.1, 0.15) is 5.70 Å². The van der Waals surface area contributed by atoms with Crippen LogP contribution in [-0.4, -0.2) is 89.6 Å². The molecule has 0 aromatic carbocycles. The second-order valence-corrected chi connectivity index (χ2v) is 12.5. The maximum absolute atomic E-state index is 13.1. The summed E-state index contributed by atoms with van der Waals surface area (Å²) in [7, 11) is 0. The normalized spacial score (nSPS) is 27.0. The summed E-state index contributed by atoms with van der Waals surface area (Å²) in [5.41, 5.74) is -0.682. The van der Waals surface area contributed by atoms with Crippen LogP contribution in [0.4, 0.5) is 4.79 Å². The van der Waals surface area contributed by atoms with E-state index in [9.17, 15) is 29.1 Å². The number of hydrogen-bond donors (Lipinski definition) is 2. The van der Waals surface area contributed by atoms with Gasteiger partial charge in [-0.15, -0.1) is 11.8 Å². The number of nitrogens with zero attached hydrogens (tertiary/aromatic N) is 1. The Morgan fingerprint density at radius 3 is 2.46 bits per heavy atom. The predicted molar refractivity (Wildman–Crippen MR) is 145 cm³/mol. The lowest BCUT2D eigenvalue weighted by molar-refractivity contribution is -0.174. The quantitative estimate of drug-likeness (QED) is 0.202. The van der Waals surface area contributed by atoms with E-state index in [2.05, 4.69) is 5.32 Å². The minimum atomic E-state index is -1.09. The lowest BCUT2D eigenvalue weighted by Crippen LogP contribution is -2.63. The molecular weight excluding hydrogens is 560 g/mol. The van der Waals surface area contributed by atoms with Crippen LogP contribution in [0.1, 0.15) is 61.3 Å². The van der Waals surface area contributed by atoms with Gasteiger partial charge in [-0.2, -0.15) is 0 Å². The van der Waals surface area contributed by atoms with Crippen LogP contribution in [0.25, 0.3) is 0 Å². The van der Waals surface area contributed by atoms with Crippen molar-refractivity contribution in [3.63, 3.8) is 0 Å². The van der Waals surface area contributed by atoms with E-state index in [0.717, 1.165) is 0 Å². The zero-order chi connectivity index (χ0) is 30.6. The van der Waals surface area contributed by atoms with Gasteiger partial charge < -0.3 is 39.0 Å². The Kier molecular flexibility index (Phi) is 10.7. The number of β-lactam (4-membered cyclic amide) rings is 1. The molecule has 0 aromatic heterocycles. The smallest absolute Gasteiger partial charge is 0.410 e. The minimum Gasteiger partial charge on any atom is -0.428 e. The number of hydrogen-bond acceptors (Lipinski definition) is 12. The zero-order valence-electron chi connectivity index (χ0n) is 24.5. The van der Waals surface area contributed by atoms with Gasteiger partial charge in [-0.25, -0.2) is 9.59 Å². The van der Waals surface area contributed by atoms with E-state index < -0.39 is 66.7 Å². The average Bonchev–Trinajstić information content (AvgIpc) is 3.42. The van der Waals surface area contributed by atoms with Gasteiger partial charge in [0.25, 0.3) is 0 Å². The average molecular weight is 601 g/mol. The highest BCUT2D eigenvalue weighted by Crippen LogP contribution is 2.52. The van der Waals surface area contributed by atoms with Crippen molar-refractivity contribution in [2.45, 2.75) is 91.1 Å². The third-order valence-electron chi connectivity index (χ3n) is 7.03. The molecule has 0 aromatic rings. The molecule has 2 saturated heterocycles. The molecule has 0 aliphatic carbocycles. The Morgan fingerprint density at radius 2 is 1.85 bits per heavy atom. The highest BCUT2D eigenvalue weighted by molar-refractivity contribution is 8.03. The summed E-state index contributed by atoms with van der Waals surface area (Å²) in [5, 5.41) is 12.6. The molecule has 14 heteroatoms. The van der Waals surface area contributed by atoms with Crippen molar-refractivity contribution in [2.75, 3.05) is 19.9 Å². The number of thioether (sulfide) groups is 1. The summed E-state index contributed by atoms with van der Waals surface area (Å²) in [6, 6.07) is -0.420. The Morgan fingerprint density at radius 1 is 1.17 bits per heavy atom. The van der Waals surface area contributed by atoms with Gasteiger partial charge in [0.2, 0.25) is 19.0 Å². The third-order valence-corrected chi connectivity index (χ3v) is 8.69. The molecule has 3 aliphatic heterocycles. The van der Waals surface area contributed by atoms with Crippen LogP contribution in [0, 0.1) is 17.3 Å². The van der Waals surface area contributed by atoms with E-state index in [1.54, 1.807) is 27.7 Å². The highest BCUT2D eigenvalue weighted by Gasteiger charge is 2.60. The number of esters is 3. The van der Waals surface area contributed by atoms with Crippen LogP contribution in [0.15, 0.2) is 10.6 Å². The number of carbonyl (C=O) groups excluding carboxylic acids is 5. The summed E-state index contributed by atoms with van der Waals surface area (Å²) < 4.78 is 26.1. The Labute approximate surface area is 243 Å². The molecule has 1 unspecified atom stereocenters. The molecule has 3 rings (SSSR count). The van der Waals surface area contributed by atoms with E-state index in [4.69, 9.17) is 23.7 Å². The van der Waals surface area contributed by atoms with Gasteiger partial charge in [0.05, 0.1) is 29.6 Å². The first-order chi connectivity index (χ1) is 19.2. The molecule has 41 heavy (non-hydrogen) atoms. The third kappa shape index (κ3) is 7.52. The number of nitrogens with one attached hydrogen (secondary N) is 1. The van der Waals surface area contributed by atoms with Gasteiger partial charge in [0, 0.05) is 42.6 Å². The van der Waals surface area contributed by atoms with Crippen LogP contribution >= 0.6 is 11.8 Å². The van der Waals surface area contributed by atoms with Crippen LogP contribution in [0.3, 0.4) is 0 Å². The first-order valence-corrected chi connectivity index (χ1v) is 14.6. The molecule has 13 nitrogen and oxygen atoms in total. The number of alkyl carbamates (subject to hydrolysis) is 1. The van der Waals surface area contributed by atoms with Crippen LogP contribution in [-0.2, 0) is 42.9 Å². The molecule has 0 saturated carbocycles. The molecule has 230 valence electrons. The van der Waals surface area contributed by atoms with E-state index in [1.807, 2.05) is 6.92 Å². The van der Waals surface area contributed by atoms with Crippen molar-refractivity contribution < 1.29 is 52.8 Å². The van der Waals surface area contributed by atoms with Crippen molar-refractivity contribution in [3.05, 3.63) is 10.6 Å². The standard InChI is InChI=1S/C27H40N2O11S/c1-8-18(31)37-12-38-24(33)21-22(13(2)20-19(14(3)30)23(32)29(20)21)41-17-9-10-36-16(17)11-28-26(35)40-15(4)39-25(34)27(5,6)7/h13-17,19-20,30H,8-12H2,1-7H3,(H,28,35)/t13-,14-,15?,16-,17-,19-,20-/m1/s1. The second kappa shape index (κ2) is 13.4. The number of fused-ring (bicyclic) bond motifs is 1. The number of rotatable bonds is 11. The lowest BCUT2D eigenvalue weighted by atomic mass is 9.79. The lowest BCUT2D eigenvalue weighted by Gasteiger charge is -2.46. The number of ether oxygens (including phenoxy) is 5. The topological polar surface area (TPSA) is 167 Å². The fourth-order valence-electron chi connectivity index (χ4n) is 4.83. The highest BCUT2D eigenvalue weighted by atomic mass is 32.2. The van der Waals surface area contributed by atoms with Crippen LogP contribution in [0.5, 0.6) is 0 Å². The van der Waals surface area contributed by atoms with Crippen molar-refractivity contribution >= 4 is 41.7 Å². The molecule has 2 amide bonds. The number of aliphatic hydroxyl groups is 1. The number of amides is 2. The zero-order valence-corrected chi connectivity index (χ0v) is 25.3. The summed E-state index contributed by atoms with van der Waals surface area (Å²) in [5.74, 6) is -3.17. The Bertz CT molecular complexity index is 1070. The van der Waals surface area contributed by atoms with Gasteiger partial charge >= 0.3 is 24.0 Å². The fraction of sp³-hybridized carbons (Fsp3) is 0.741. The predicted octanol–water partition coefficient (Wildman–Crippen LogP) is 2.06. The largest absolute Gasteiger partial charge is 0.428 e. The molecule has 2 fully saturated rings. The van der Waals surface area contributed by atoms with Gasteiger partial charge in [-0.3, -0.25) is 14.4 Å². The first kappa shape index (κ1) is 32.7. The van der Waals surface area contributed by atoms with E-state index in [-0.39, 0.29) is 35.7 Å². The van der Waals surface area contributed by atoms with E-state index in [0.29, 0.717) is 17.9 Å². The summed E-state index contributed by atoms with van der Waals surface area (Å²) in [6.45, 7) is 11.4. The van der Waals surface area contributed by atoms with Gasteiger partial charge in [0.15, 0.2) is 0 Å². The SMILES string of the molecule is CCC(=O)OCOC(=O)C1=C(S[C@@H]2CCO[C@@H]2CNC(=O)OC(C)OC(=O)C(C)(C)C)[C@H](C)[C@@H]2[C@@H]([C@@H](C)O)C(=O)N12. The van der Waals surface area contributed by atoms with Crippen molar-refractivity contribution in [3.8, 4) is 0 Å². The van der Waals surface area contributed by atoms with Crippen molar-refractivity contribution in [1.82, 2.24) is 10.2 Å². The maximum Gasteiger partial charge on any atom is 0.410 e. The second-order valence-electron chi connectivity index (χ2n) is 11.2. The number of aliphatic hydroxyl groups excluding tert-OH is 1. The molecule has 0 spiro atoms. The molecule has 7 atom stereocenters.